The van der Waals surface area contributed by atoms with Crippen LogP contribution in [0.5, 0.6) is 0 Å². The van der Waals surface area contributed by atoms with Gasteiger partial charge in [0.2, 0.25) is 0 Å². The normalized spacial score (nSPS) is 17.9. The Morgan fingerprint density at radius 1 is 0.893 bits per heavy atom. The molecule has 1 heterocycles. The number of carbonyl (C=O) groups is 1. The lowest BCUT2D eigenvalue weighted by Crippen LogP contribution is -2.25. The Morgan fingerprint density at radius 3 is 2.25 bits per heavy atom. The van der Waals surface area contributed by atoms with Crippen molar-refractivity contribution in [2.75, 3.05) is 18.1 Å². The summed E-state index contributed by atoms with van der Waals surface area (Å²) in [6.45, 7) is 0.475. The molecular formula is C20H21NO5S2. The van der Waals surface area contributed by atoms with Crippen LogP contribution < -0.4 is 5.32 Å². The minimum absolute atomic E-state index is 0.0760. The van der Waals surface area contributed by atoms with E-state index in [2.05, 4.69) is 5.32 Å². The van der Waals surface area contributed by atoms with E-state index < -0.39 is 19.7 Å². The molecule has 1 aliphatic rings. The van der Waals surface area contributed by atoms with Crippen molar-refractivity contribution in [1.29, 1.82) is 0 Å². The third kappa shape index (κ3) is 5.08. The van der Waals surface area contributed by atoms with Crippen LogP contribution in [-0.2, 0) is 26.1 Å². The van der Waals surface area contributed by atoms with E-state index in [4.69, 9.17) is 0 Å². The van der Waals surface area contributed by atoms with Gasteiger partial charge in [-0.05, 0) is 36.1 Å². The third-order valence-corrected chi connectivity index (χ3v) is 7.89. The first kappa shape index (κ1) is 20.3. The Hall–Kier alpha value is -2.45. The standard InChI is InChI=1S/C20H21NO5S2/c22-20(21-12-11-16-5-2-1-3-6-16)18-9-7-17(8-10-18)19-15-27(23,24)13-4-14-28(19,25)26/h1-3,5-10,15H,4,11-14H2,(H,21,22). The van der Waals surface area contributed by atoms with Crippen molar-refractivity contribution in [2.45, 2.75) is 12.8 Å². The number of hydrogen-bond donors (Lipinski definition) is 1. The lowest BCUT2D eigenvalue weighted by Gasteiger charge is -2.09. The summed E-state index contributed by atoms with van der Waals surface area (Å²) in [6, 6.07) is 15.7. The fraction of sp³-hybridized carbons (Fsp3) is 0.250. The SMILES string of the molecule is O=C(NCCc1ccccc1)c1ccc(C2=CS(=O)(=O)CCCS2(=O)=O)cc1. The number of nitrogens with one attached hydrogen (secondary N) is 1. The minimum Gasteiger partial charge on any atom is -0.352 e. The number of sulfone groups is 2. The molecule has 0 aromatic heterocycles. The molecule has 148 valence electrons. The van der Waals surface area contributed by atoms with Crippen LogP contribution in [-0.4, -0.2) is 40.8 Å². The quantitative estimate of drug-likeness (QED) is 0.801. The summed E-state index contributed by atoms with van der Waals surface area (Å²) in [5.41, 5.74) is 1.77. The van der Waals surface area contributed by atoms with Gasteiger partial charge < -0.3 is 5.32 Å². The van der Waals surface area contributed by atoms with E-state index in [0.717, 1.165) is 11.0 Å². The van der Waals surface area contributed by atoms with Crippen molar-refractivity contribution in [3.05, 3.63) is 76.7 Å². The summed E-state index contributed by atoms with van der Waals surface area (Å²) < 4.78 is 48.6. The molecule has 2 aromatic rings. The molecule has 0 saturated heterocycles. The highest BCUT2D eigenvalue weighted by atomic mass is 32.2. The number of rotatable bonds is 5. The van der Waals surface area contributed by atoms with Gasteiger partial charge in [-0.25, -0.2) is 16.8 Å². The molecule has 3 rings (SSSR count). The molecule has 28 heavy (non-hydrogen) atoms. The highest BCUT2D eigenvalue weighted by Crippen LogP contribution is 2.27. The average molecular weight is 420 g/mol. The number of benzene rings is 2. The summed E-state index contributed by atoms with van der Waals surface area (Å²) in [4.78, 5) is 12.1. The van der Waals surface area contributed by atoms with Crippen molar-refractivity contribution < 1.29 is 21.6 Å². The first-order chi connectivity index (χ1) is 13.3. The van der Waals surface area contributed by atoms with E-state index in [1.165, 1.54) is 24.3 Å². The maximum atomic E-state index is 12.4. The van der Waals surface area contributed by atoms with Crippen LogP contribution in [0.3, 0.4) is 0 Å². The highest BCUT2D eigenvalue weighted by Gasteiger charge is 2.27. The second-order valence-electron chi connectivity index (χ2n) is 6.59. The lowest BCUT2D eigenvalue weighted by atomic mass is 10.1. The predicted molar refractivity (Wildman–Crippen MR) is 109 cm³/mol. The zero-order valence-corrected chi connectivity index (χ0v) is 16.8. The molecule has 8 heteroatoms. The number of hydrogen-bond acceptors (Lipinski definition) is 5. The van der Waals surface area contributed by atoms with E-state index in [1.54, 1.807) is 0 Å². The Kier molecular flexibility index (Phi) is 6.00. The van der Waals surface area contributed by atoms with Crippen LogP contribution in [0.15, 0.2) is 60.0 Å². The van der Waals surface area contributed by atoms with Gasteiger partial charge in [-0.15, -0.1) is 0 Å². The summed E-state index contributed by atoms with van der Waals surface area (Å²) in [7, 11) is -7.25. The summed E-state index contributed by atoms with van der Waals surface area (Å²) >= 11 is 0. The molecule has 6 nitrogen and oxygen atoms in total. The van der Waals surface area contributed by atoms with Gasteiger partial charge in [0.1, 0.15) is 0 Å². The topological polar surface area (TPSA) is 97.4 Å². The summed E-state index contributed by atoms with van der Waals surface area (Å²) in [6.07, 6.45) is 0.778. The molecule has 0 bridgehead atoms. The maximum Gasteiger partial charge on any atom is 0.251 e. The molecule has 1 amide bonds. The van der Waals surface area contributed by atoms with Gasteiger partial charge in [0, 0.05) is 17.5 Å². The van der Waals surface area contributed by atoms with Crippen molar-refractivity contribution in [3.8, 4) is 0 Å². The molecular weight excluding hydrogens is 398 g/mol. The second kappa shape index (κ2) is 8.28. The second-order valence-corrected chi connectivity index (χ2v) is 10.6. The molecule has 0 spiro atoms. The lowest BCUT2D eigenvalue weighted by molar-refractivity contribution is 0.0954. The number of amides is 1. The van der Waals surface area contributed by atoms with Gasteiger partial charge in [-0.3, -0.25) is 4.79 Å². The van der Waals surface area contributed by atoms with Gasteiger partial charge in [0.25, 0.3) is 5.91 Å². The highest BCUT2D eigenvalue weighted by molar-refractivity contribution is 8.03. The van der Waals surface area contributed by atoms with Crippen LogP contribution in [0.2, 0.25) is 0 Å². The molecule has 2 aromatic carbocycles. The van der Waals surface area contributed by atoms with Crippen molar-refractivity contribution in [2.24, 2.45) is 0 Å². The predicted octanol–water partition coefficient (Wildman–Crippen LogP) is 2.19. The minimum atomic E-state index is -3.68. The van der Waals surface area contributed by atoms with Crippen LogP contribution in [0.1, 0.15) is 27.9 Å². The maximum absolute atomic E-state index is 12.4. The fourth-order valence-corrected chi connectivity index (χ4v) is 6.53. The van der Waals surface area contributed by atoms with E-state index in [0.29, 0.717) is 18.5 Å². The van der Waals surface area contributed by atoms with Crippen LogP contribution >= 0.6 is 0 Å². The van der Waals surface area contributed by atoms with Gasteiger partial charge in [0.15, 0.2) is 19.7 Å². The van der Waals surface area contributed by atoms with E-state index in [9.17, 15) is 21.6 Å². The molecule has 1 N–H and O–H groups in total. The molecule has 0 saturated carbocycles. The summed E-state index contributed by atoms with van der Waals surface area (Å²) in [5.74, 6) is -0.662. The van der Waals surface area contributed by atoms with Gasteiger partial charge in [-0.2, -0.15) is 0 Å². The zero-order chi connectivity index (χ0) is 20.2. The van der Waals surface area contributed by atoms with E-state index >= 15 is 0 Å². The Bertz CT molecular complexity index is 1090. The van der Waals surface area contributed by atoms with Crippen LogP contribution in [0, 0.1) is 0 Å². The van der Waals surface area contributed by atoms with Crippen molar-refractivity contribution in [3.63, 3.8) is 0 Å². The van der Waals surface area contributed by atoms with Gasteiger partial charge in [-0.1, -0.05) is 42.5 Å². The average Bonchev–Trinajstić information content (AvgIpc) is 2.77. The molecule has 0 radical (unpaired) electrons. The van der Waals surface area contributed by atoms with E-state index in [-0.39, 0.29) is 34.3 Å². The van der Waals surface area contributed by atoms with Crippen molar-refractivity contribution >= 4 is 30.5 Å². The largest absolute Gasteiger partial charge is 0.352 e. The van der Waals surface area contributed by atoms with Gasteiger partial charge >= 0.3 is 0 Å². The van der Waals surface area contributed by atoms with Gasteiger partial charge in [0.05, 0.1) is 16.4 Å². The zero-order valence-electron chi connectivity index (χ0n) is 15.2. The van der Waals surface area contributed by atoms with Crippen LogP contribution in [0.4, 0.5) is 0 Å². The van der Waals surface area contributed by atoms with E-state index in [1.807, 2.05) is 30.3 Å². The Balaban J connectivity index is 1.72. The molecule has 0 aliphatic carbocycles. The first-order valence-corrected chi connectivity index (χ1v) is 12.2. The third-order valence-electron chi connectivity index (χ3n) is 4.44. The molecule has 1 aliphatic heterocycles. The first-order valence-electron chi connectivity index (χ1n) is 8.87. The fourth-order valence-electron chi connectivity index (χ4n) is 2.96. The monoisotopic (exact) mass is 419 g/mol. The Morgan fingerprint density at radius 2 is 1.57 bits per heavy atom. The molecule has 0 unspecified atom stereocenters. The molecule has 0 atom stereocenters. The van der Waals surface area contributed by atoms with Crippen molar-refractivity contribution in [1.82, 2.24) is 5.32 Å². The number of carbonyl (C=O) groups excluding carboxylic acids is 1. The van der Waals surface area contributed by atoms with Crippen LogP contribution in [0.25, 0.3) is 4.91 Å². The smallest absolute Gasteiger partial charge is 0.251 e. The summed E-state index contributed by atoms with van der Waals surface area (Å²) in [5, 5.41) is 3.66. The molecule has 0 fully saturated rings. The Labute approximate surface area is 165 Å².